The van der Waals surface area contributed by atoms with Crippen molar-refractivity contribution in [1.82, 2.24) is 9.80 Å². The molecule has 2 heterocycles. The molecule has 0 unspecified atom stereocenters. The highest BCUT2D eigenvalue weighted by atomic mass is 79.9. The summed E-state index contributed by atoms with van der Waals surface area (Å²) >= 11 is 4.95. The molecule has 0 radical (unpaired) electrons. The van der Waals surface area contributed by atoms with Gasteiger partial charge in [-0.2, -0.15) is 0 Å². The maximum Gasteiger partial charge on any atom is 0.242 e. The fraction of sp³-hybridized carbons (Fsp3) is 0.400. The van der Waals surface area contributed by atoms with Crippen molar-refractivity contribution in [2.75, 3.05) is 20.1 Å². The Morgan fingerprint density at radius 2 is 2.12 bits per heavy atom. The van der Waals surface area contributed by atoms with E-state index in [9.17, 15) is 9.59 Å². The lowest BCUT2D eigenvalue weighted by atomic mass is 10.3. The van der Waals surface area contributed by atoms with Gasteiger partial charge in [-0.15, -0.1) is 11.3 Å². The third kappa shape index (κ3) is 2.44. The van der Waals surface area contributed by atoms with Crippen molar-refractivity contribution in [2.45, 2.75) is 6.54 Å². The molecular formula is C10H11BrN2O2S. The van der Waals surface area contributed by atoms with E-state index in [4.69, 9.17) is 0 Å². The summed E-state index contributed by atoms with van der Waals surface area (Å²) in [6.45, 7) is 0.894. The zero-order chi connectivity index (χ0) is 11.7. The van der Waals surface area contributed by atoms with Crippen LogP contribution in [0.15, 0.2) is 15.9 Å². The van der Waals surface area contributed by atoms with Gasteiger partial charge in [0, 0.05) is 21.8 Å². The van der Waals surface area contributed by atoms with Crippen molar-refractivity contribution in [3.8, 4) is 0 Å². The maximum absolute atomic E-state index is 11.7. The second-order valence-electron chi connectivity index (χ2n) is 3.73. The minimum Gasteiger partial charge on any atom is -0.335 e. The number of halogens is 1. The molecule has 1 saturated heterocycles. The SMILES string of the molecule is CN1CC(=O)N(Cc2cc(Br)cs2)CC1=O. The van der Waals surface area contributed by atoms with Gasteiger partial charge in [-0.05, 0) is 22.0 Å². The number of amides is 2. The Balaban J connectivity index is 2.05. The Kier molecular flexibility index (Phi) is 3.30. The first-order valence-corrected chi connectivity index (χ1v) is 6.48. The smallest absolute Gasteiger partial charge is 0.242 e. The van der Waals surface area contributed by atoms with E-state index < -0.39 is 0 Å². The summed E-state index contributed by atoms with van der Waals surface area (Å²) in [7, 11) is 1.65. The normalized spacial score (nSPS) is 17.1. The molecule has 6 heteroatoms. The molecule has 0 atom stereocenters. The Morgan fingerprint density at radius 3 is 2.75 bits per heavy atom. The highest BCUT2D eigenvalue weighted by Crippen LogP contribution is 2.21. The van der Waals surface area contributed by atoms with Gasteiger partial charge in [0.2, 0.25) is 11.8 Å². The van der Waals surface area contributed by atoms with Crippen LogP contribution in [0.4, 0.5) is 0 Å². The van der Waals surface area contributed by atoms with E-state index in [0.29, 0.717) is 6.54 Å². The number of likely N-dealkylation sites (N-methyl/N-ethyl adjacent to an activating group) is 1. The summed E-state index contributed by atoms with van der Waals surface area (Å²) in [6, 6.07) is 1.97. The number of hydrogen-bond donors (Lipinski definition) is 0. The lowest BCUT2D eigenvalue weighted by molar-refractivity contribution is -0.149. The summed E-state index contributed by atoms with van der Waals surface area (Å²) in [5, 5.41) is 1.97. The molecule has 2 rings (SSSR count). The molecule has 0 spiro atoms. The number of rotatable bonds is 2. The van der Waals surface area contributed by atoms with Gasteiger partial charge in [-0.25, -0.2) is 0 Å². The molecule has 4 nitrogen and oxygen atoms in total. The minimum atomic E-state index is -0.00442. The number of piperazine rings is 1. The average Bonchev–Trinajstić information content (AvgIpc) is 2.60. The van der Waals surface area contributed by atoms with Gasteiger partial charge in [0.15, 0.2) is 0 Å². The molecule has 0 aromatic carbocycles. The van der Waals surface area contributed by atoms with E-state index in [2.05, 4.69) is 15.9 Å². The number of carbonyl (C=O) groups excluding carboxylic acids is 2. The molecule has 0 aliphatic carbocycles. The third-order valence-electron chi connectivity index (χ3n) is 2.45. The lowest BCUT2D eigenvalue weighted by Gasteiger charge is -2.31. The first-order chi connectivity index (χ1) is 7.56. The Bertz CT molecular complexity index is 432. The van der Waals surface area contributed by atoms with Gasteiger partial charge in [0.05, 0.1) is 13.1 Å². The summed E-state index contributed by atoms with van der Waals surface area (Å²) in [4.78, 5) is 27.3. The van der Waals surface area contributed by atoms with Crippen LogP contribution in [-0.2, 0) is 16.1 Å². The molecule has 1 aromatic heterocycles. The molecule has 1 fully saturated rings. The molecular weight excluding hydrogens is 292 g/mol. The summed E-state index contributed by atoms with van der Waals surface area (Å²) < 4.78 is 1.01. The molecule has 0 N–H and O–H groups in total. The molecule has 0 saturated carbocycles. The topological polar surface area (TPSA) is 40.6 Å². The van der Waals surface area contributed by atoms with E-state index in [-0.39, 0.29) is 24.9 Å². The van der Waals surface area contributed by atoms with Crippen LogP contribution in [0.5, 0.6) is 0 Å². The van der Waals surface area contributed by atoms with Crippen molar-refractivity contribution < 1.29 is 9.59 Å². The highest BCUT2D eigenvalue weighted by Gasteiger charge is 2.27. The second-order valence-corrected chi connectivity index (χ2v) is 5.64. The predicted molar refractivity (Wildman–Crippen MR) is 65.1 cm³/mol. The standard InChI is InChI=1S/C10H11BrN2O2S/c1-12-4-10(15)13(5-9(12)14)3-8-2-7(11)6-16-8/h2,6H,3-5H2,1H3. The minimum absolute atomic E-state index is 0.00442. The monoisotopic (exact) mass is 302 g/mol. The van der Waals surface area contributed by atoms with Crippen molar-refractivity contribution in [3.05, 3.63) is 20.8 Å². The van der Waals surface area contributed by atoms with Crippen LogP contribution < -0.4 is 0 Å². The van der Waals surface area contributed by atoms with Gasteiger partial charge in [0.1, 0.15) is 6.54 Å². The number of nitrogens with zero attached hydrogens (tertiary/aromatic N) is 2. The average molecular weight is 303 g/mol. The number of thiophene rings is 1. The first kappa shape index (κ1) is 11.6. The third-order valence-corrected chi connectivity index (χ3v) is 4.13. The van der Waals surface area contributed by atoms with Crippen LogP contribution in [0.25, 0.3) is 0 Å². The van der Waals surface area contributed by atoms with Crippen LogP contribution in [0, 0.1) is 0 Å². The van der Waals surface area contributed by atoms with Gasteiger partial charge in [0.25, 0.3) is 0 Å². The van der Waals surface area contributed by atoms with Crippen molar-refractivity contribution >= 4 is 39.1 Å². The second kappa shape index (κ2) is 4.55. The van der Waals surface area contributed by atoms with Crippen molar-refractivity contribution in [2.24, 2.45) is 0 Å². The zero-order valence-corrected chi connectivity index (χ0v) is 11.2. The van der Waals surface area contributed by atoms with Crippen molar-refractivity contribution in [1.29, 1.82) is 0 Å². The molecule has 1 aliphatic rings. The van der Waals surface area contributed by atoms with Gasteiger partial charge in [-0.3, -0.25) is 9.59 Å². The Labute approximate surface area is 106 Å². The van der Waals surface area contributed by atoms with E-state index in [1.807, 2.05) is 11.4 Å². The van der Waals surface area contributed by atoms with E-state index >= 15 is 0 Å². The molecule has 1 aliphatic heterocycles. The van der Waals surface area contributed by atoms with Crippen LogP contribution in [0.3, 0.4) is 0 Å². The highest BCUT2D eigenvalue weighted by molar-refractivity contribution is 9.10. The lowest BCUT2D eigenvalue weighted by Crippen LogP contribution is -2.51. The quantitative estimate of drug-likeness (QED) is 0.826. The predicted octanol–water partition coefficient (Wildman–Crippen LogP) is 1.31. The van der Waals surface area contributed by atoms with E-state index in [1.54, 1.807) is 23.3 Å². The van der Waals surface area contributed by atoms with E-state index in [0.717, 1.165) is 9.35 Å². The number of carbonyl (C=O) groups is 2. The van der Waals surface area contributed by atoms with Crippen LogP contribution in [-0.4, -0.2) is 41.8 Å². The zero-order valence-electron chi connectivity index (χ0n) is 8.77. The van der Waals surface area contributed by atoms with Crippen LogP contribution in [0.2, 0.25) is 0 Å². The largest absolute Gasteiger partial charge is 0.335 e. The number of hydrogen-bond acceptors (Lipinski definition) is 3. The fourth-order valence-electron chi connectivity index (χ4n) is 1.53. The summed E-state index contributed by atoms with van der Waals surface area (Å²) in [5.41, 5.74) is 0. The summed E-state index contributed by atoms with van der Waals surface area (Å²) in [6.07, 6.45) is 0. The van der Waals surface area contributed by atoms with Crippen LogP contribution >= 0.6 is 27.3 Å². The molecule has 1 aromatic rings. The fourth-order valence-corrected chi connectivity index (χ4v) is 3.00. The Morgan fingerprint density at radius 1 is 1.38 bits per heavy atom. The molecule has 16 heavy (non-hydrogen) atoms. The molecule has 86 valence electrons. The van der Waals surface area contributed by atoms with Gasteiger partial charge in [-0.1, -0.05) is 0 Å². The maximum atomic E-state index is 11.7. The van der Waals surface area contributed by atoms with Gasteiger partial charge < -0.3 is 9.80 Å². The summed E-state index contributed by atoms with van der Waals surface area (Å²) in [5.74, 6) is 0.00171. The van der Waals surface area contributed by atoms with Crippen LogP contribution in [0.1, 0.15) is 4.88 Å². The van der Waals surface area contributed by atoms with Gasteiger partial charge >= 0.3 is 0 Å². The molecule has 2 amide bonds. The first-order valence-electron chi connectivity index (χ1n) is 4.81. The molecule has 0 bridgehead atoms. The van der Waals surface area contributed by atoms with E-state index in [1.165, 1.54) is 4.90 Å². The Hall–Kier alpha value is -0.880. The van der Waals surface area contributed by atoms with Crippen molar-refractivity contribution in [3.63, 3.8) is 0 Å².